The van der Waals surface area contributed by atoms with Crippen LogP contribution < -0.4 is 5.32 Å². The second-order valence-corrected chi connectivity index (χ2v) is 5.32. The first-order valence-electron chi connectivity index (χ1n) is 6.93. The minimum absolute atomic E-state index is 0.108. The standard InChI is InChI=1S/C17H14ClN3O/c1-11(12-7-3-2-4-8-12)19-17(22)15-16(18)21-14-10-6-5-9-13(14)20-15/h2-11H,1H3,(H,19,22)/t11-/m0/s1. The van der Waals surface area contributed by atoms with Crippen LogP contribution in [0.5, 0.6) is 0 Å². The highest BCUT2D eigenvalue weighted by Gasteiger charge is 2.17. The number of aromatic nitrogens is 2. The van der Waals surface area contributed by atoms with Crippen molar-refractivity contribution in [1.82, 2.24) is 15.3 Å². The smallest absolute Gasteiger partial charge is 0.273 e. The van der Waals surface area contributed by atoms with E-state index in [1.165, 1.54) is 0 Å². The van der Waals surface area contributed by atoms with Gasteiger partial charge in [-0.3, -0.25) is 4.79 Å². The first kappa shape index (κ1) is 14.5. The molecule has 1 heterocycles. The highest BCUT2D eigenvalue weighted by molar-refractivity contribution is 6.32. The third-order valence-electron chi connectivity index (χ3n) is 3.39. The quantitative estimate of drug-likeness (QED) is 0.801. The number of para-hydroxylation sites is 2. The Morgan fingerprint density at radius 3 is 2.27 bits per heavy atom. The Morgan fingerprint density at radius 2 is 1.59 bits per heavy atom. The highest BCUT2D eigenvalue weighted by atomic mass is 35.5. The fourth-order valence-corrected chi connectivity index (χ4v) is 2.43. The molecule has 0 bridgehead atoms. The number of rotatable bonds is 3. The van der Waals surface area contributed by atoms with Crippen molar-refractivity contribution in [1.29, 1.82) is 0 Å². The summed E-state index contributed by atoms with van der Waals surface area (Å²) in [5.74, 6) is -0.334. The van der Waals surface area contributed by atoms with Crippen LogP contribution in [0.15, 0.2) is 54.6 Å². The molecule has 1 atom stereocenters. The highest BCUT2D eigenvalue weighted by Crippen LogP contribution is 2.18. The Balaban J connectivity index is 1.87. The molecule has 1 N–H and O–H groups in total. The van der Waals surface area contributed by atoms with Crippen molar-refractivity contribution in [3.63, 3.8) is 0 Å². The van der Waals surface area contributed by atoms with Crippen LogP contribution in [-0.4, -0.2) is 15.9 Å². The molecule has 0 aliphatic carbocycles. The fraction of sp³-hybridized carbons (Fsp3) is 0.118. The normalized spacial score (nSPS) is 12.1. The molecule has 0 fully saturated rings. The van der Waals surface area contributed by atoms with E-state index >= 15 is 0 Å². The summed E-state index contributed by atoms with van der Waals surface area (Å²) < 4.78 is 0. The number of amides is 1. The number of carbonyl (C=O) groups is 1. The number of nitrogens with zero attached hydrogens (tertiary/aromatic N) is 2. The van der Waals surface area contributed by atoms with E-state index in [-0.39, 0.29) is 22.8 Å². The Morgan fingerprint density at radius 1 is 1.00 bits per heavy atom. The number of halogens is 1. The molecule has 0 unspecified atom stereocenters. The molecule has 0 saturated carbocycles. The molecule has 0 spiro atoms. The van der Waals surface area contributed by atoms with Crippen molar-refractivity contribution >= 4 is 28.5 Å². The van der Waals surface area contributed by atoms with Crippen molar-refractivity contribution < 1.29 is 4.79 Å². The molecular weight excluding hydrogens is 298 g/mol. The van der Waals surface area contributed by atoms with E-state index in [1.807, 2.05) is 55.5 Å². The molecule has 2 aromatic carbocycles. The maximum Gasteiger partial charge on any atom is 0.273 e. The van der Waals surface area contributed by atoms with Gasteiger partial charge in [0.1, 0.15) is 0 Å². The van der Waals surface area contributed by atoms with Gasteiger partial charge in [-0.1, -0.05) is 54.1 Å². The van der Waals surface area contributed by atoms with Crippen LogP contribution in [-0.2, 0) is 0 Å². The average molecular weight is 312 g/mol. The molecule has 3 aromatic rings. The maximum absolute atomic E-state index is 12.4. The lowest BCUT2D eigenvalue weighted by Crippen LogP contribution is -2.28. The van der Waals surface area contributed by atoms with Gasteiger partial charge in [0, 0.05) is 0 Å². The molecule has 0 aliphatic rings. The second kappa shape index (κ2) is 6.12. The van der Waals surface area contributed by atoms with Gasteiger partial charge in [0.05, 0.1) is 17.1 Å². The summed E-state index contributed by atoms with van der Waals surface area (Å²) in [6.45, 7) is 1.91. The largest absolute Gasteiger partial charge is 0.344 e. The predicted octanol–water partition coefficient (Wildman–Crippen LogP) is 3.77. The Bertz CT molecular complexity index is 821. The summed E-state index contributed by atoms with van der Waals surface area (Å²) in [6.07, 6.45) is 0. The van der Waals surface area contributed by atoms with Crippen molar-refractivity contribution in [3.05, 3.63) is 71.0 Å². The second-order valence-electron chi connectivity index (χ2n) is 4.96. The molecule has 22 heavy (non-hydrogen) atoms. The Hall–Kier alpha value is -2.46. The van der Waals surface area contributed by atoms with Gasteiger partial charge >= 0.3 is 0 Å². The summed E-state index contributed by atoms with van der Waals surface area (Å²) in [6, 6.07) is 16.9. The van der Waals surface area contributed by atoms with Crippen LogP contribution >= 0.6 is 11.6 Å². The third kappa shape index (κ3) is 2.92. The number of hydrogen-bond donors (Lipinski definition) is 1. The first-order chi connectivity index (χ1) is 10.6. The van der Waals surface area contributed by atoms with Gasteiger partial charge in [-0.05, 0) is 24.6 Å². The lowest BCUT2D eigenvalue weighted by molar-refractivity contribution is 0.0935. The van der Waals surface area contributed by atoms with Crippen LogP contribution in [0.4, 0.5) is 0 Å². The summed E-state index contributed by atoms with van der Waals surface area (Å²) in [7, 11) is 0. The molecule has 0 aliphatic heterocycles. The van der Waals surface area contributed by atoms with Gasteiger partial charge in [0.25, 0.3) is 5.91 Å². The third-order valence-corrected chi connectivity index (χ3v) is 3.65. The van der Waals surface area contributed by atoms with Gasteiger partial charge in [-0.15, -0.1) is 0 Å². The summed E-state index contributed by atoms with van der Waals surface area (Å²) in [5.41, 5.74) is 2.47. The van der Waals surface area contributed by atoms with Gasteiger partial charge in [0.15, 0.2) is 10.8 Å². The zero-order valence-corrected chi connectivity index (χ0v) is 12.7. The van der Waals surface area contributed by atoms with E-state index < -0.39 is 0 Å². The minimum atomic E-state index is -0.334. The summed E-state index contributed by atoms with van der Waals surface area (Å²) in [5, 5.41) is 3.00. The Kier molecular flexibility index (Phi) is 4.02. The zero-order valence-electron chi connectivity index (χ0n) is 12.0. The van der Waals surface area contributed by atoms with E-state index in [4.69, 9.17) is 11.6 Å². The van der Waals surface area contributed by atoms with Crippen molar-refractivity contribution in [2.75, 3.05) is 0 Å². The number of benzene rings is 2. The molecule has 0 saturated heterocycles. The van der Waals surface area contributed by atoms with E-state index in [9.17, 15) is 4.79 Å². The van der Waals surface area contributed by atoms with Crippen LogP contribution in [0.25, 0.3) is 11.0 Å². The van der Waals surface area contributed by atoms with Crippen molar-refractivity contribution in [3.8, 4) is 0 Å². The topological polar surface area (TPSA) is 54.9 Å². The van der Waals surface area contributed by atoms with E-state index in [0.717, 1.165) is 5.56 Å². The van der Waals surface area contributed by atoms with E-state index in [1.54, 1.807) is 6.07 Å². The van der Waals surface area contributed by atoms with Crippen molar-refractivity contribution in [2.24, 2.45) is 0 Å². The van der Waals surface area contributed by atoms with E-state index in [0.29, 0.717) is 11.0 Å². The zero-order chi connectivity index (χ0) is 15.5. The van der Waals surface area contributed by atoms with E-state index in [2.05, 4.69) is 15.3 Å². The number of hydrogen-bond acceptors (Lipinski definition) is 3. The average Bonchev–Trinajstić information content (AvgIpc) is 2.54. The molecule has 4 nitrogen and oxygen atoms in total. The summed E-state index contributed by atoms with van der Waals surface area (Å²) >= 11 is 6.09. The van der Waals surface area contributed by atoms with Crippen LogP contribution in [0.1, 0.15) is 29.0 Å². The SMILES string of the molecule is C[C@H](NC(=O)c1nc2ccccc2nc1Cl)c1ccccc1. The summed E-state index contributed by atoms with van der Waals surface area (Å²) in [4.78, 5) is 20.9. The predicted molar refractivity (Wildman–Crippen MR) is 86.9 cm³/mol. The van der Waals surface area contributed by atoms with Gasteiger partial charge in [-0.2, -0.15) is 0 Å². The Labute approximate surface area is 133 Å². The molecular formula is C17H14ClN3O. The molecule has 5 heteroatoms. The monoisotopic (exact) mass is 311 g/mol. The maximum atomic E-state index is 12.4. The lowest BCUT2D eigenvalue weighted by atomic mass is 10.1. The number of carbonyl (C=O) groups excluding carboxylic acids is 1. The van der Waals surface area contributed by atoms with Crippen LogP contribution in [0.2, 0.25) is 5.15 Å². The van der Waals surface area contributed by atoms with Crippen LogP contribution in [0, 0.1) is 0 Å². The molecule has 1 aromatic heterocycles. The molecule has 3 rings (SSSR count). The molecule has 110 valence electrons. The van der Waals surface area contributed by atoms with Gasteiger partial charge in [-0.25, -0.2) is 9.97 Å². The van der Waals surface area contributed by atoms with Crippen molar-refractivity contribution in [2.45, 2.75) is 13.0 Å². The molecule has 1 amide bonds. The fourth-order valence-electron chi connectivity index (χ4n) is 2.21. The van der Waals surface area contributed by atoms with Crippen LogP contribution in [0.3, 0.4) is 0 Å². The van der Waals surface area contributed by atoms with Gasteiger partial charge < -0.3 is 5.32 Å². The first-order valence-corrected chi connectivity index (χ1v) is 7.31. The lowest BCUT2D eigenvalue weighted by Gasteiger charge is -2.14. The number of fused-ring (bicyclic) bond motifs is 1. The minimum Gasteiger partial charge on any atom is -0.344 e. The van der Waals surface area contributed by atoms with Gasteiger partial charge in [0.2, 0.25) is 0 Å². The number of nitrogens with one attached hydrogen (secondary N) is 1. The molecule has 0 radical (unpaired) electrons.